The van der Waals surface area contributed by atoms with Crippen LogP contribution in [0.25, 0.3) is 0 Å². The molecule has 1 aromatic rings. The molecule has 1 atom stereocenters. The summed E-state index contributed by atoms with van der Waals surface area (Å²) >= 11 is 0. The molecule has 1 aliphatic heterocycles. The van der Waals surface area contributed by atoms with Gasteiger partial charge in [-0.25, -0.2) is 0 Å². The Hall–Kier alpha value is -2.15. The molecule has 1 aliphatic rings. The van der Waals surface area contributed by atoms with Gasteiger partial charge < -0.3 is 10.5 Å². The van der Waals surface area contributed by atoms with Crippen LogP contribution in [-0.2, 0) is 16.1 Å². The molecule has 0 radical (unpaired) electrons. The van der Waals surface area contributed by atoms with Crippen LogP contribution in [0.3, 0.4) is 0 Å². The van der Waals surface area contributed by atoms with E-state index in [1.54, 1.807) is 19.1 Å². The van der Waals surface area contributed by atoms with Gasteiger partial charge in [0.25, 0.3) is 5.69 Å². The summed E-state index contributed by atoms with van der Waals surface area (Å²) < 4.78 is 5.07. The molecule has 0 aromatic heterocycles. The lowest BCUT2D eigenvalue weighted by atomic mass is 10.1. The minimum atomic E-state index is -0.494. The Bertz CT molecular complexity index is 547. The molecule has 21 heavy (non-hydrogen) atoms. The number of hydrogen-bond acceptors (Lipinski definition) is 6. The van der Waals surface area contributed by atoms with E-state index < -0.39 is 4.92 Å². The van der Waals surface area contributed by atoms with Crippen molar-refractivity contribution in [2.45, 2.75) is 32.4 Å². The maximum absolute atomic E-state index is 11.9. The third-order valence-electron chi connectivity index (χ3n) is 3.67. The molecule has 2 N–H and O–H groups in total. The molecule has 1 unspecified atom stereocenters. The first kappa shape index (κ1) is 15.2. The number of nitro groups is 1. The number of hydrogen-bond donors (Lipinski definition) is 1. The number of carbonyl (C=O) groups is 1. The summed E-state index contributed by atoms with van der Waals surface area (Å²) in [5.74, 6) is -0.237. The van der Waals surface area contributed by atoms with Crippen molar-refractivity contribution in [2.24, 2.45) is 0 Å². The largest absolute Gasteiger partial charge is 0.465 e. The Morgan fingerprint density at radius 3 is 3.00 bits per heavy atom. The number of esters is 1. The molecule has 114 valence electrons. The second-order valence-corrected chi connectivity index (χ2v) is 4.99. The van der Waals surface area contributed by atoms with Crippen LogP contribution >= 0.6 is 0 Å². The van der Waals surface area contributed by atoms with Gasteiger partial charge in [-0.05, 0) is 31.9 Å². The van der Waals surface area contributed by atoms with Crippen molar-refractivity contribution >= 4 is 17.3 Å². The highest BCUT2D eigenvalue weighted by molar-refractivity contribution is 5.76. The Morgan fingerprint density at radius 2 is 2.33 bits per heavy atom. The summed E-state index contributed by atoms with van der Waals surface area (Å²) in [4.78, 5) is 24.3. The highest BCUT2D eigenvalue weighted by atomic mass is 16.6. The van der Waals surface area contributed by atoms with Gasteiger partial charge >= 0.3 is 5.97 Å². The molecule has 2 rings (SSSR count). The number of likely N-dealkylation sites (tertiary alicyclic amines) is 1. The zero-order valence-corrected chi connectivity index (χ0v) is 11.9. The van der Waals surface area contributed by atoms with Crippen molar-refractivity contribution in [3.63, 3.8) is 0 Å². The first-order chi connectivity index (χ1) is 10.0. The zero-order valence-electron chi connectivity index (χ0n) is 11.9. The lowest BCUT2D eigenvalue weighted by Gasteiger charge is -2.23. The van der Waals surface area contributed by atoms with Gasteiger partial charge in [-0.15, -0.1) is 0 Å². The summed E-state index contributed by atoms with van der Waals surface area (Å²) in [5, 5.41) is 10.9. The van der Waals surface area contributed by atoms with Crippen LogP contribution in [0.2, 0.25) is 0 Å². The Labute approximate surface area is 122 Å². The van der Waals surface area contributed by atoms with E-state index in [1.807, 2.05) is 4.90 Å². The Balaban J connectivity index is 2.16. The second kappa shape index (κ2) is 6.53. The number of carbonyl (C=O) groups excluding carboxylic acids is 1. The van der Waals surface area contributed by atoms with Gasteiger partial charge in [0.1, 0.15) is 11.7 Å². The quantitative estimate of drug-likeness (QED) is 0.384. The highest BCUT2D eigenvalue weighted by Gasteiger charge is 2.32. The first-order valence-electron chi connectivity index (χ1n) is 6.97. The number of nitro benzene ring substituents is 1. The number of nitrogen functional groups attached to an aromatic ring is 1. The van der Waals surface area contributed by atoms with Crippen LogP contribution < -0.4 is 5.73 Å². The average molecular weight is 293 g/mol. The van der Waals surface area contributed by atoms with Crippen molar-refractivity contribution < 1.29 is 14.5 Å². The molecule has 1 fully saturated rings. The average Bonchev–Trinajstić information content (AvgIpc) is 2.89. The van der Waals surface area contributed by atoms with Gasteiger partial charge in [0.05, 0.1) is 11.5 Å². The number of nitrogens with zero attached hydrogens (tertiary/aromatic N) is 2. The van der Waals surface area contributed by atoms with E-state index in [4.69, 9.17) is 10.5 Å². The van der Waals surface area contributed by atoms with E-state index in [2.05, 4.69) is 0 Å². The molecule has 1 saturated heterocycles. The van der Waals surface area contributed by atoms with E-state index in [0.717, 1.165) is 19.4 Å². The fraction of sp³-hybridized carbons (Fsp3) is 0.500. The maximum atomic E-state index is 11.9. The minimum absolute atomic E-state index is 0.0978. The predicted octanol–water partition coefficient (Wildman–Crippen LogP) is 1.70. The monoisotopic (exact) mass is 293 g/mol. The van der Waals surface area contributed by atoms with Gasteiger partial charge in [0.15, 0.2) is 0 Å². The minimum Gasteiger partial charge on any atom is -0.465 e. The molecule has 7 nitrogen and oxygen atoms in total. The van der Waals surface area contributed by atoms with Crippen LogP contribution in [0.5, 0.6) is 0 Å². The number of nitrogens with two attached hydrogens (primary N) is 1. The second-order valence-electron chi connectivity index (χ2n) is 4.99. The van der Waals surface area contributed by atoms with Gasteiger partial charge in [0, 0.05) is 12.6 Å². The lowest BCUT2D eigenvalue weighted by Crippen LogP contribution is -2.37. The van der Waals surface area contributed by atoms with Crippen LogP contribution in [-0.4, -0.2) is 35.0 Å². The first-order valence-corrected chi connectivity index (χ1v) is 6.97. The number of ether oxygens (including phenoxy) is 1. The molecule has 1 heterocycles. The molecule has 0 bridgehead atoms. The fourth-order valence-electron chi connectivity index (χ4n) is 2.64. The molecule has 0 amide bonds. The fourth-order valence-corrected chi connectivity index (χ4v) is 2.64. The summed E-state index contributed by atoms with van der Waals surface area (Å²) in [6, 6.07) is 4.46. The van der Waals surface area contributed by atoms with Crippen molar-refractivity contribution in [1.29, 1.82) is 0 Å². The molecule has 0 spiro atoms. The van der Waals surface area contributed by atoms with E-state index >= 15 is 0 Å². The van der Waals surface area contributed by atoms with Gasteiger partial charge in [-0.3, -0.25) is 19.8 Å². The summed E-state index contributed by atoms with van der Waals surface area (Å²) in [6.45, 7) is 3.29. The third-order valence-corrected chi connectivity index (χ3v) is 3.67. The molecule has 1 aromatic carbocycles. The zero-order chi connectivity index (χ0) is 15.4. The van der Waals surface area contributed by atoms with E-state index in [-0.39, 0.29) is 23.4 Å². The summed E-state index contributed by atoms with van der Waals surface area (Å²) in [7, 11) is 0. The molecule has 0 aliphatic carbocycles. The number of para-hydroxylation sites is 1. The maximum Gasteiger partial charge on any atom is 0.323 e. The van der Waals surface area contributed by atoms with Crippen LogP contribution in [0.4, 0.5) is 11.4 Å². The van der Waals surface area contributed by atoms with Crippen molar-refractivity contribution in [3.05, 3.63) is 33.9 Å². The number of anilines is 1. The van der Waals surface area contributed by atoms with Gasteiger partial charge in [-0.1, -0.05) is 12.1 Å². The molecule has 7 heteroatoms. The van der Waals surface area contributed by atoms with Gasteiger partial charge in [0.2, 0.25) is 0 Å². The lowest BCUT2D eigenvalue weighted by molar-refractivity contribution is -0.384. The topological polar surface area (TPSA) is 98.7 Å². The predicted molar refractivity (Wildman–Crippen MR) is 77.6 cm³/mol. The van der Waals surface area contributed by atoms with Crippen LogP contribution in [0.15, 0.2) is 18.2 Å². The molecule has 0 saturated carbocycles. The number of benzene rings is 1. The Kier molecular flexibility index (Phi) is 4.74. The summed E-state index contributed by atoms with van der Waals surface area (Å²) in [5.41, 5.74) is 6.59. The molecular formula is C14H19N3O4. The SMILES string of the molecule is CCOC(=O)C1CCCN1Cc1cccc([N+](=O)[O-])c1N. The van der Waals surface area contributed by atoms with Crippen LogP contribution in [0.1, 0.15) is 25.3 Å². The van der Waals surface area contributed by atoms with E-state index in [1.165, 1.54) is 6.07 Å². The van der Waals surface area contributed by atoms with E-state index in [0.29, 0.717) is 18.7 Å². The van der Waals surface area contributed by atoms with Crippen LogP contribution in [0, 0.1) is 10.1 Å². The standard InChI is InChI=1S/C14H19N3O4/c1-2-21-14(18)12-7-4-8-16(12)9-10-5-3-6-11(13(10)15)17(19)20/h3,5-6,12H,2,4,7-9,15H2,1H3. The summed E-state index contributed by atoms with van der Waals surface area (Å²) in [6.07, 6.45) is 1.64. The highest BCUT2D eigenvalue weighted by Crippen LogP contribution is 2.28. The van der Waals surface area contributed by atoms with Crippen molar-refractivity contribution in [2.75, 3.05) is 18.9 Å². The van der Waals surface area contributed by atoms with Crippen molar-refractivity contribution in [1.82, 2.24) is 4.90 Å². The van der Waals surface area contributed by atoms with Crippen molar-refractivity contribution in [3.8, 4) is 0 Å². The molecular weight excluding hydrogens is 274 g/mol. The Morgan fingerprint density at radius 1 is 1.57 bits per heavy atom. The number of rotatable bonds is 5. The smallest absolute Gasteiger partial charge is 0.323 e. The van der Waals surface area contributed by atoms with E-state index in [9.17, 15) is 14.9 Å². The van der Waals surface area contributed by atoms with Gasteiger partial charge in [-0.2, -0.15) is 0 Å². The normalized spacial score (nSPS) is 18.6. The third kappa shape index (κ3) is 3.30.